The lowest BCUT2D eigenvalue weighted by Gasteiger charge is -2.29. The van der Waals surface area contributed by atoms with Crippen LogP contribution >= 0.6 is 0 Å². The molecule has 112 valence electrons. The molecule has 0 radical (unpaired) electrons. The molecule has 0 saturated heterocycles. The van der Waals surface area contributed by atoms with E-state index >= 15 is 0 Å². The normalized spacial score (nSPS) is 15.6. The van der Waals surface area contributed by atoms with Gasteiger partial charge in [0.15, 0.2) is 0 Å². The van der Waals surface area contributed by atoms with Gasteiger partial charge in [0.05, 0.1) is 16.6 Å². The van der Waals surface area contributed by atoms with Crippen LogP contribution in [0.2, 0.25) is 0 Å². The Hall–Kier alpha value is -1.88. The molecule has 0 amide bonds. The van der Waals surface area contributed by atoms with Crippen LogP contribution in [0.15, 0.2) is 18.2 Å². The Morgan fingerprint density at radius 3 is 2.71 bits per heavy atom. The van der Waals surface area contributed by atoms with E-state index in [4.69, 9.17) is 5.11 Å². The number of nitrogens with zero attached hydrogens (tertiary/aromatic N) is 2. The van der Waals surface area contributed by atoms with Gasteiger partial charge in [-0.15, -0.1) is 0 Å². The molecule has 1 aromatic carbocycles. The molecule has 21 heavy (non-hydrogen) atoms. The number of carboxylic acid groups (broad SMARTS) is 1. The summed E-state index contributed by atoms with van der Waals surface area (Å²) in [4.78, 5) is 15.8. The van der Waals surface area contributed by atoms with Gasteiger partial charge in [0.25, 0.3) is 0 Å². The molecule has 1 saturated carbocycles. The predicted molar refractivity (Wildman–Crippen MR) is 79.7 cm³/mol. The number of aliphatic hydroxyl groups is 1. The fourth-order valence-corrected chi connectivity index (χ4v) is 2.87. The first-order valence-corrected chi connectivity index (χ1v) is 7.31. The standard InChI is InChI=1S/C16H20N2O3/c1-16(2,7-8-19)18-13-6-5-11(15(20)21)9-12(13)17-14(18)10-3-4-10/h5-6,9-10,19H,3-4,7-8H2,1-2H3,(H,20,21). The molecule has 0 unspecified atom stereocenters. The van der Waals surface area contributed by atoms with Crippen molar-refractivity contribution in [3.63, 3.8) is 0 Å². The number of aliphatic hydroxyl groups excluding tert-OH is 1. The number of hydrogen-bond acceptors (Lipinski definition) is 3. The predicted octanol–water partition coefficient (Wildman–Crippen LogP) is 2.73. The third-order valence-corrected chi connectivity index (χ3v) is 4.20. The summed E-state index contributed by atoms with van der Waals surface area (Å²) in [6.07, 6.45) is 2.90. The van der Waals surface area contributed by atoms with E-state index in [0.717, 1.165) is 29.7 Å². The highest BCUT2D eigenvalue weighted by atomic mass is 16.4. The molecule has 1 heterocycles. The maximum Gasteiger partial charge on any atom is 0.335 e. The van der Waals surface area contributed by atoms with Crippen molar-refractivity contribution in [2.75, 3.05) is 6.61 Å². The lowest BCUT2D eigenvalue weighted by Crippen LogP contribution is -2.29. The number of fused-ring (bicyclic) bond motifs is 1. The highest BCUT2D eigenvalue weighted by Gasteiger charge is 2.34. The van der Waals surface area contributed by atoms with E-state index in [1.165, 1.54) is 0 Å². The Kier molecular flexibility index (Phi) is 3.24. The van der Waals surface area contributed by atoms with Gasteiger partial charge < -0.3 is 14.8 Å². The van der Waals surface area contributed by atoms with Gasteiger partial charge in [0.2, 0.25) is 0 Å². The number of imidazole rings is 1. The molecule has 2 aromatic rings. The second-order valence-electron chi connectivity index (χ2n) is 6.37. The highest BCUT2D eigenvalue weighted by Crippen LogP contribution is 2.43. The van der Waals surface area contributed by atoms with E-state index in [-0.39, 0.29) is 17.7 Å². The number of aromatic carboxylic acids is 1. The number of carboxylic acids is 1. The van der Waals surface area contributed by atoms with Crippen molar-refractivity contribution in [3.8, 4) is 0 Å². The molecule has 0 spiro atoms. The first-order chi connectivity index (χ1) is 9.94. The Balaban J connectivity index is 2.20. The van der Waals surface area contributed by atoms with Crippen LogP contribution in [-0.4, -0.2) is 32.3 Å². The third kappa shape index (κ3) is 2.42. The van der Waals surface area contributed by atoms with Gasteiger partial charge in [-0.2, -0.15) is 0 Å². The van der Waals surface area contributed by atoms with Gasteiger partial charge in [-0.1, -0.05) is 0 Å². The van der Waals surface area contributed by atoms with Crippen LogP contribution < -0.4 is 0 Å². The molecular weight excluding hydrogens is 268 g/mol. The SMILES string of the molecule is CC(C)(CCO)n1c(C2CC2)nc2cc(C(=O)O)ccc21. The topological polar surface area (TPSA) is 75.3 Å². The third-order valence-electron chi connectivity index (χ3n) is 4.20. The quantitative estimate of drug-likeness (QED) is 0.887. The van der Waals surface area contributed by atoms with E-state index in [0.29, 0.717) is 12.3 Å². The summed E-state index contributed by atoms with van der Waals surface area (Å²) in [7, 11) is 0. The van der Waals surface area contributed by atoms with Crippen molar-refractivity contribution in [2.24, 2.45) is 0 Å². The molecule has 0 bridgehead atoms. The largest absolute Gasteiger partial charge is 0.478 e. The molecule has 5 heteroatoms. The van der Waals surface area contributed by atoms with Crippen LogP contribution in [0.25, 0.3) is 11.0 Å². The smallest absolute Gasteiger partial charge is 0.335 e. The molecule has 2 N–H and O–H groups in total. The molecule has 1 aliphatic rings. The Labute approximate surface area is 123 Å². The molecular formula is C16H20N2O3. The minimum Gasteiger partial charge on any atom is -0.478 e. The second-order valence-corrected chi connectivity index (χ2v) is 6.37. The maximum atomic E-state index is 11.1. The fourth-order valence-electron chi connectivity index (χ4n) is 2.87. The van der Waals surface area contributed by atoms with Gasteiger partial charge in [0.1, 0.15) is 5.82 Å². The zero-order chi connectivity index (χ0) is 15.2. The summed E-state index contributed by atoms with van der Waals surface area (Å²) in [5, 5.41) is 18.4. The van der Waals surface area contributed by atoms with E-state index in [9.17, 15) is 9.90 Å². The summed E-state index contributed by atoms with van der Waals surface area (Å²) >= 11 is 0. The summed E-state index contributed by atoms with van der Waals surface area (Å²) in [6.45, 7) is 4.28. The Morgan fingerprint density at radius 2 is 2.14 bits per heavy atom. The van der Waals surface area contributed by atoms with Gasteiger partial charge in [-0.3, -0.25) is 0 Å². The first kappa shape index (κ1) is 14.1. The Morgan fingerprint density at radius 1 is 1.43 bits per heavy atom. The second kappa shape index (κ2) is 4.84. The van der Waals surface area contributed by atoms with Crippen LogP contribution in [0, 0.1) is 0 Å². The minimum absolute atomic E-state index is 0.115. The highest BCUT2D eigenvalue weighted by molar-refractivity contribution is 5.92. The zero-order valence-corrected chi connectivity index (χ0v) is 12.3. The minimum atomic E-state index is -0.936. The zero-order valence-electron chi connectivity index (χ0n) is 12.3. The van der Waals surface area contributed by atoms with Crippen LogP contribution in [0.1, 0.15) is 55.2 Å². The van der Waals surface area contributed by atoms with Crippen molar-refractivity contribution >= 4 is 17.0 Å². The summed E-state index contributed by atoms with van der Waals surface area (Å²) in [6, 6.07) is 5.08. The lowest BCUT2D eigenvalue weighted by atomic mass is 9.99. The van der Waals surface area contributed by atoms with E-state index < -0.39 is 5.97 Å². The maximum absolute atomic E-state index is 11.1. The number of carbonyl (C=O) groups is 1. The van der Waals surface area contributed by atoms with E-state index in [1.807, 2.05) is 6.07 Å². The monoisotopic (exact) mass is 288 g/mol. The van der Waals surface area contributed by atoms with Crippen molar-refractivity contribution in [1.82, 2.24) is 9.55 Å². The number of rotatable bonds is 5. The van der Waals surface area contributed by atoms with Crippen molar-refractivity contribution in [3.05, 3.63) is 29.6 Å². The van der Waals surface area contributed by atoms with Gasteiger partial charge in [-0.05, 0) is 51.3 Å². The van der Waals surface area contributed by atoms with Crippen LogP contribution in [0.3, 0.4) is 0 Å². The number of hydrogen-bond donors (Lipinski definition) is 2. The lowest BCUT2D eigenvalue weighted by molar-refractivity contribution is 0.0697. The molecule has 1 fully saturated rings. The number of aromatic nitrogens is 2. The molecule has 1 aromatic heterocycles. The Bertz CT molecular complexity index is 699. The molecule has 3 rings (SSSR count). The molecule has 0 atom stereocenters. The van der Waals surface area contributed by atoms with Gasteiger partial charge >= 0.3 is 5.97 Å². The van der Waals surface area contributed by atoms with Crippen LogP contribution in [-0.2, 0) is 5.54 Å². The summed E-state index contributed by atoms with van der Waals surface area (Å²) in [5.41, 5.74) is 1.68. The molecule has 0 aliphatic heterocycles. The van der Waals surface area contributed by atoms with Gasteiger partial charge in [-0.25, -0.2) is 9.78 Å². The summed E-state index contributed by atoms with van der Waals surface area (Å²) < 4.78 is 2.18. The van der Waals surface area contributed by atoms with Crippen molar-refractivity contribution < 1.29 is 15.0 Å². The molecule has 1 aliphatic carbocycles. The first-order valence-electron chi connectivity index (χ1n) is 7.31. The molecule has 5 nitrogen and oxygen atoms in total. The van der Waals surface area contributed by atoms with Crippen LogP contribution in [0.5, 0.6) is 0 Å². The van der Waals surface area contributed by atoms with Crippen molar-refractivity contribution in [2.45, 2.75) is 44.6 Å². The van der Waals surface area contributed by atoms with Crippen LogP contribution in [0.4, 0.5) is 0 Å². The number of benzene rings is 1. The average molecular weight is 288 g/mol. The van der Waals surface area contributed by atoms with E-state index in [1.54, 1.807) is 12.1 Å². The van der Waals surface area contributed by atoms with E-state index in [2.05, 4.69) is 23.4 Å². The van der Waals surface area contributed by atoms with Gasteiger partial charge in [0, 0.05) is 18.1 Å². The summed E-state index contributed by atoms with van der Waals surface area (Å²) in [5.74, 6) is 0.545. The average Bonchev–Trinajstić information content (AvgIpc) is 3.17. The van der Waals surface area contributed by atoms with Crippen molar-refractivity contribution in [1.29, 1.82) is 0 Å². The fraction of sp³-hybridized carbons (Fsp3) is 0.500.